The summed E-state index contributed by atoms with van der Waals surface area (Å²) in [4.78, 5) is 4.44. The number of aromatic nitrogens is 4. The zero-order valence-corrected chi connectivity index (χ0v) is 13.4. The van der Waals surface area contributed by atoms with Gasteiger partial charge in [0.15, 0.2) is 5.82 Å². The van der Waals surface area contributed by atoms with Gasteiger partial charge in [0.25, 0.3) is 0 Å². The highest BCUT2D eigenvalue weighted by Gasteiger charge is 2.15. The van der Waals surface area contributed by atoms with Gasteiger partial charge in [-0.3, -0.25) is 4.68 Å². The van der Waals surface area contributed by atoms with Crippen molar-refractivity contribution >= 4 is 0 Å². The summed E-state index contributed by atoms with van der Waals surface area (Å²) in [5.41, 5.74) is 1.17. The molecule has 0 amide bonds. The number of rotatable bonds is 7. The molecule has 2 aromatic heterocycles. The average molecular weight is 311 g/mol. The molecule has 6 heteroatoms. The van der Waals surface area contributed by atoms with Gasteiger partial charge in [-0.15, -0.1) is 0 Å². The molecular weight excluding hydrogens is 290 g/mol. The topological polar surface area (TPSA) is 68.8 Å². The van der Waals surface area contributed by atoms with Crippen LogP contribution >= 0.6 is 0 Å². The summed E-state index contributed by atoms with van der Waals surface area (Å²) < 4.78 is 7.25. The molecule has 1 aromatic carbocycles. The number of nitrogens with one attached hydrogen (secondary N) is 1. The standard InChI is InChI=1S/C17H21N5O/c1-13(14(2)22-10-6-9-19-22)18-12-17-20-16(21-23-17)11-15-7-4-3-5-8-15/h3-10,13-14,18H,11-12H2,1-2H3/t13-,14-/m0/s1. The molecule has 0 radical (unpaired) electrons. The Morgan fingerprint density at radius 3 is 2.74 bits per heavy atom. The van der Waals surface area contributed by atoms with Crippen molar-refractivity contribution in [3.05, 3.63) is 66.1 Å². The van der Waals surface area contributed by atoms with Crippen molar-refractivity contribution in [3.63, 3.8) is 0 Å². The van der Waals surface area contributed by atoms with Crippen LogP contribution in [0.3, 0.4) is 0 Å². The van der Waals surface area contributed by atoms with Crippen molar-refractivity contribution < 1.29 is 4.52 Å². The molecule has 0 aliphatic heterocycles. The van der Waals surface area contributed by atoms with E-state index in [4.69, 9.17) is 4.52 Å². The van der Waals surface area contributed by atoms with Gasteiger partial charge in [-0.2, -0.15) is 10.1 Å². The summed E-state index contributed by atoms with van der Waals surface area (Å²) >= 11 is 0. The fourth-order valence-corrected chi connectivity index (χ4v) is 2.38. The molecule has 6 nitrogen and oxygen atoms in total. The van der Waals surface area contributed by atoms with Gasteiger partial charge in [-0.25, -0.2) is 0 Å². The van der Waals surface area contributed by atoms with Crippen molar-refractivity contribution in [2.45, 2.75) is 38.9 Å². The van der Waals surface area contributed by atoms with E-state index >= 15 is 0 Å². The Labute approximate surface area is 135 Å². The Morgan fingerprint density at radius 2 is 2.00 bits per heavy atom. The number of hydrogen-bond donors (Lipinski definition) is 1. The molecule has 0 saturated carbocycles. The second-order valence-corrected chi connectivity index (χ2v) is 5.66. The third kappa shape index (κ3) is 4.04. The maximum atomic E-state index is 5.31. The summed E-state index contributed by atoms with van der Waals surface area (Å²) in [6.07, 6.45) is 4.44. The van der Waals surface area contributed by atoms with E-state index in [0.29, 0.717) is 24.7 Å². The Kier molecular flexibility index (Phi) is 4.83. The molecule has 2 heterocycles. The van der Waals surface area contributed by atoms with Crippen LogP contribution < -0.4 is 5.32 Å². The average Bonchev–Trinajstić information content (AvgIpc) is 3.25. The quantitative estimate of drug-likeness (QED) is 0.726. The van der Waals surface area contributed by atoms with Crippen molar-refractivity contribution in [1.29, 1.82) is 0 Å². The smallest absolute Gasteiger partial charge is 0.240 e. The lowest BCUT2D eigenvalue weighted by Crippen LogP contribution is -2.33. The molecule has 0 saturated heterocycles. The van der Waals surface area contributed by atoms with Gasteiger partial charge >= 0.3 is 0 Å². The maximum Gasteiger partial charge on any atom is 0.240 e. The largest absolute Gasteiger partial charge is 0.338 e. The minimum Gasteiger partial charge on any atom is -0.338 e. The van der Waals surface area contributed by atoms with Gasteiger partial charge in [-0.05, 0) is 25.5 Å². The van der Waals surface area contributed by atoms with E-state index in [2.05, 4.69) is 46.5 Å². The molecule has 23 heavy (non-hydrogen) atoms. The van der Waals surface area contributed by atoms with Gasteiger partial charge in [-0.1, -0.05) is 35.5 Å². The number of hydrogen-bond acceptors (Lipinski definition) is 5. The third-order valence-electron chi connectivity index (χ3n) is 3.96. The van der Waals surface area contributed by atoms with Gasteiger partial charge < -0.3 is 9.84 Å². The monoisotopic (exact) mass is 311 g/mol. The molecule has 3 aromatic rings. The number of nitrogens with zero attached hydrogens (tertiary/aromatic N) is 4. The third-order valence-corrected chi connectivity index (χ3v) is 3.96. The summed E-state index contributed by atoms with van der Waals surface area (Å²) in [6, 6.07) is 12.5. The fraction of sp³-hybridized carbons (Fsp3) is 0.353. The predicted octanol–water partition coefficient (Wildman–Crippen LogP) is 2.60. The second kappa shape index (κ2) is 7.19. The van der Waals surface area contributed by atoms with Gasteiger partial charge in [0.05, 0.1) is 12.6 Å². The zero-order valence-electron chi connectivity index (χ0n) is 13.4. The molecule has 0 aliphatic rings. The van der Waals surface area contributed by atoms with Crippen LogP contribution in [0.5, 0.6) is 0 Å². The lowest BCUT2D eigenvalue weighted by Gasteiger charge is -2.20. The van der Waals surface area contributed by atoms with Crippen LogP contribution in [0.25, 0.3) is 0 Å². The summed E-state index contributed by atoms with van der Waals surface area (Å²) in [5.74, 6) is 1.32. The van der Waals surface area contributed by atoms with E-state index in [9.17, 15) is 0 Å². The minimum atomic E-state index is 0.236. The molecule has 0 bridgehead atoms. The Morgan fingerprint density at radius 1 is 1.17 bits per heavy atom. The first-order valence-corrected chi connectivity index (χ1v) is 7.80. The molecule has 3 rings (SSSR count). The van der Waals surface area contributed by atoms with E-state index in [1.54, 1.807) is 6.20 Å². The van der Waals surface area contributed by atoms with Crippen molar-refractivity contribution in [2.75, 3.05) is 0 Å². The molecule has 120 valence electrons. The minimum absolute atomic E-state index is 0.236. The predicted molar refractivity (Wildman–Crippen MR) is 86.8 cm³/mol. The molecule has 0 fully saturated rings. The highest BCUT2D eigenvalue weighted by Crippen LogP contribution is 2.10. The van der Waals surface area contributed by atoms with E-state index in [1.165, 1.54) is 5.56 Å². The first-order chi connectivity index (χ1) is 11.2. The molecule has 0 spiro atoms. The van der Waals surface area contributed by atoms with Crippen LogP contribution in [-0.2, 0) is 13.0 Å². The van der Waals surface area contributed by atoms with Crippen LogP contribution in [0.15, 0.2) is 53.3 Å². The zero-order chi connectivity index (χ0) is 16.1. The maximum absolute atomic E-state index is 5.31. The normalized spacial score (nSPS) is 13.8. The Bertz CT molecular complexity index is 708. The molecular formula is C17H21N5O. The summed E-state index contributed by atoms with van der Waals surface area (Å²) in [6.45, 7) is 4.79. The lowest BCUT2D eigenvalue weighted by atomic mass is 10.1. The van der Waals surface area contributed by atoms with Crippen LogP contribution in [0.4, 0.5) is 0 Å². The number of benzene rings is 1. The summed E-state index contributed by atoms with van der Waals surface area (Å²) in [5, 5.41) is 11.7. The fourth-order valence-electron chi connectivity index (χ4n) is 2.38. The molecule has 0 aliphatic carbocycles. The van der Waals surface area contributed by atoms with E-state index in [-0.39, 0.29) is 12.1 Å². The second-order valence-electron chi connectivity index (χ2n) is 5.66. The molecule has 0 unspecified atom stereocenters. The highest BCUT2D eigenvalue weighted by molar-refractivity contribution is 5.18. The SMILES string of the molecule is C[C@H](NCc1nc(Cc2ccccc2)no1)[C@H](C)n1cccn1. The summed E-state index contributed by atoms with van der Waals surface area (Å²) in [7, 11) is 0. The Balaban J connectivity index is 1.53. The van der Waals surface area contributed by atoms with Gasteiger partial charge in [0.2, 0.25) is 5.89 Å². The van der Waals surface area contributed by atoms with Crippen LogP contribution in [-0.4, -0.2) is 26.0 Å². The van der Waals surface area contributed by atoms with Crippen molar-refractivity contribution in [3.8, 4) is 0 Å². The lowest BCUT2D eigenvalue weighted by molar-refractivity contribution is 0.324. The van der Waals surface area contributed by atoms with E-state index < -0.39 is 0 Å². The highest BCUT2D eigenvalue weighted by atomic mass is 16.5. The molecule has 1 N–H and O–H groups in total. The first-order valence-electron chi connectivity index (χ1n) is 7.80. The first kappa shape index (κ1) is 15.4. The van der Waals surface area contributed by atoms with Crippen molar-refractivity contribution in [2.24, 2.45) is 0 Å². The van der Waals surface area contributed by atoms with Crippen LogP contribution in [0, 0.1) is 0 Å². The van der Waals surface area contributed by atoms with Crippen LogP contribution in [0.1, 0.15) is 37.2 Å². The van der Waals surface area contributed by atoms with E-state index in [1.807, 2.05) is 35.1 Å². The van der Waals surface area contributed by atoms with E-state index in [0.717, 1.165) is 0 Å². The van der Waals surface area contributed by atoms with Gasteiger partial charge in [0.1, 0.15) is 0 Å². The van der Waals surface area contributed by atoms with Crippen LogP contribution in [0.2, 0.25) is 0 Å². The Hall–Kier alpha value is -2.47. The molecule has 2 atom stereocenters. The van der Waals surface area contributed by atoms with Crippen molar-refractivity contribution in [1.82, 2.24) is 25.2 Å². The van der Waals surface area contributed by atoms with Gasteiger partial charge in [0, 0.05) is 24.9 Å².